The third kappa shape index (κ3) is 8.43. The molecule has 0 spiro atoms. The number of benzene rings is 1. The first-order valence-corrected chi connectivity index (χ1v) is 12.4. The Morgan fingerprint density at radius 3 is 2.26 bits per heavy atom. The molecule has 3 rings (SSSR count). The molecule has 3 N–H and O–H groups in total. The van der Waals surface area contributed by atoms with Crippen molar-refractivity contribution in [1.82, 2.24) is 20.4 Å². The van der Waals surface area contributed by atoms with Crippen LogP contribution in [-0.2, 0) is 13.1 Å². The van der Waals surface area contributed by atoms with Crippen LogP contribution in [0.15, 0.2) is 29.3 Å². The summed E-state index contributed by atoms with van der Waals surface area (Å²) in [6.45, 7) is 12.5. The van der Waals surface area contributed by atoms with E-state index in [1.807, 2.05) is 0 Å². The molecule has 31 heavy (non-hydrogen) atoms. The Morgan fingerprint density at radius 1 is 0.968 bits per heavy atom. The van der Waals surface area contributed by atoms with Crippen LogP contribution in [-0.4, -0.2) is 72.3 Å². The average Bonchev–Trinajstić information content (AvgIpc) is 2.79. The minimum atomic E-state index is -0.107. The third-order valence-electron chi connectivity index (χ3n) is 6.51. The van der Waals surface area contributed by atoms with Gasteiger partial charge >= 0.3 is 0 Å². The van der Waals surface area contributed by atoms with Gasteiger partial charge < -0.3 is 20.6 Å². The van der Waals surface area contributed by atoms with Gasteiger partial charge in [-0.1, -0.05) is 37.6 Å². The number of aliphatic hydroxyl groups is 1. The molecule has 0 saturated carbocycles. The van der Waals surface area contributed by atoms with Crippen molar-refractivity contribution in [3.63, 3.8) is 0 Å². The van der Waals surface area contributed by atoms with Gasteiger partial charge in [-0.15, -0.1) is 0 Å². The van der Waals surface area contributed by atoms with Crippen molar-refractivity contribution >= 4 is 5.96 Å². The summed E-state index contributed by atoms with van der Waals surface area (Å²) in [5.74, 6) is 0.936. The molecule has 2 heterocycles. The van der Waals surface area contributed by atoms with Crippen molar-refractivity contribution in [3.8, 4) is 0 Å². The monoisotopic (exact) mass is 429 g/mol. The molecular weight excluding hydrogens is 386 g/mol. The van der Waals surface area contributed by atoms with E-state index in [0.717, 1.165) is 45.0 Å². The molecule has 0 aliphatic carbocycles. The fraction of sp³-hybridized carbons (Fsp3) is 0.720. The molecule has 6 nitrogen and oxygen atoms in total. The summed E-state index contributed by atoms with van der Waals surface area (Å²) in [5.41, 5.74) is 2.58. The van der Waals surface area contributed by atoms with Gasteiger partial charge in [-0.3, -0.25) is 4.90 Å². The lowest BCUT2D eigenvalue weighted by molar-refractivity contribution is 0.0792. The number of rotatable bonds is 9. The second-order valence-corrected chi connectivity index (χ2v) is 9.13. The largest absolute Gasteiger partial charge is 0.393 e. The van der Waals surface area contributed by atoms with Crippen LogP contribution in [0.5, 0.6) is 0 Å². The molecule has 0 radical (unpaired) electrons. The predicted molar refractivity (Wildman–Crippen MR) is 129 cm³/mol. The first-order valence-electron chi connectivity index (χ1n) is 12.4. The van der Waals surface area contributed by atoms with E-state index in [4.69, 9.17) is 4.99 Å². The van der Waals surface area contributed by atoms with Gasteiger partial charge in [0.15, 0.2) is 5.96 Å². The molecule has 0 aromatic heterocycles. The van der Waals surface area contributed by atoms with E-state index in [-0.39, 0.29) is 6.10 Å². The summed E-state index contributed by atoms with van der Waals surface area (Å²) in [7, 11) is 0. The lowest BCUT2D eigenvalue weighted by Gasteiger charge is -2.33. The third-order valence-corrected chi connectivity index (χ3v) is 6.51. The highest BCUT2D eigenvalue weighted by Crippen LogP contribution is 2.15. The maximum Gasteiger partial charge on any atom is 0.191 e. The summed E-state index contributed by atoms with van der Waals surface area (Å²) in [6, 6.07) is 9.37. The van der Waals surface area contributed by atoms with Crippen molar-refractivity contribution < 1.29 is 5.11 Å². The molecule has 2 saturated heterocycles. The highest BCUT2D eigenvalue weighted by Gasteiger charge is 2.19. The van der Waals surface area contributed by atoms with Gasteiger partial charge in [-0.2, -0.15) is 0 Å². The lowest BCUT2D eigenvalue weighted by atomic mass is 10.0. The Balaban J connectivity index is 1.45. The first-order chi connectivity index (χ1) is 15.2. The zero-order chi connectivity index (χ0) is 21.9. The topological polar surface area (TPSA) is 63.1 Å². The van der Waals surface area contributed by atoms with E-state index in [1.165, 1.54) is 56.4 Å². The summed E-state index contributed by atoms with van der Waals surface area (Å²) in [6.07, 6.45) is 6.65. The number of piperidine rings is 2. The number of likely N-dealkylation sites (tertiary alicyclic amines) is 2. The molecule has 0 atom stereocenters. The van der Waals surface area contributed by atoms with Gasteiger partial charge in [0.2, 0.25) is 0 Å². The predicted octanol–water partition coefficient (Wildman–Crippen LogP) is 2.96. The molecule has 2 aliphatic heterocycles. The Morgan fingerprint density at radius 2 is 1.61 bits per heavy atom. The Bertz CT molecular complexity index is 646. The summed E-state index contributed by atoms with van der Waals surface area (Å²) in [4.78, 5) is 9.87. The number of nitrogens with zero attached hydrogens (tertiary/aromatic N) is 3. The van der Waals surface area contributed by atoms with Crippen LogP contribution in [0.3, 0.4) is 0 Å². The summed E-state index contributed by atoms with van der Waals surface area (Å²) >= 11 is 0. The number of hydrogen-bond acceptors (Lipinski definition) is 4. The normalized spacial score (nSPS) is 20.2. The number of unbranched alkanes of at least 4 members (excludes halogenated alkanes) is 1. The van der Waals surface area contributed by atoms with Crippen LogP contribution >= 0.6 is 0 Å². The molecule has 0 bridgehead atoms. The van der Waals surface area contributed by atoms with E-state index >= 15 is 0 Å². The van der Waals surface area contributed by atoms with Crippen molar-refractivity contribution in [1.29, 1.82) is 0 Å². The molecule has 6 heteroatoms. The minimum Gasteiger partial charge on any atom is -0.393 e. The summed E-state index contributed by atoms with van der Waals surface area (Å²) < 4.78 is 0. The van der Waals surface area contributed by atoms with E-state index in [0.29, 0.717) is 12.6 Å². The average molecular weight is 430 g/mol. The second-order valence-electron chi connectivity index (χ2n) is 9.13. The van der Waals surface area contributed by atoms with Crippen LogP contribution in [0.4, 0.5) is 0 Å². The van der Waals surface area contributed by atoms with E-state index in [1.54, 1.807) is 0 Å². The minimum absolute atomic E-state index is 0.107. The van der Waals surface area contributed by atoms with Gasteiger partial charge in [-0.25, -0.2) is 4.99 Å². The fourth-order valence-electron chi connectivity index (χ4n) is 4.45. The van der Waals surface area contributed by atoms with Crippen LogP contribution in [0.2, 0.25) is 0 Å². The SMILES string of the molecule is CCCCN1CCC(NC(=NCc2ccc(CN3CCC(O)CC3)cc2)NCC)CC1. The summed E-state index contributed by atoms with van der Waals surface area (Å²) in [5, 5.41) is 16.7. The van der Waals surface area contributed by atoms with Gasteiger partial charge in [0.25, 0.3) is 0 Å². The number of aliphatic hydroxyl groups excluding tert-OH is 1. The maximum absolute atomic E-state index is 9.67. The number of nitrogens with one attached hydrogen (secondary N) is 2. The molecule has 1 aromatic rings. The standard InChI is InChI=1S/C25H43N5O/c1-3-5-14-29-15-10-23(11-16-29)28-25(26-4-2)27-19-21-6-8-22(9-7-21)20-30-17-12-24(31)13-18-30/h6-9,23-24,31H,3-5,10-20H2,1-2H3,(H2,26,27,28). The highest BCUT2D eigenvalue weighted by molar-refractivity contribution is 5.80. The Labute approximate surface area is 189 Å². The van der Waals surface area contributed by atoms with Gasteiger partial charge in [0, 0.05) is 45.3 Å². The molecular formula is C25H43N5O. The maximum atomic E-state index is 9.67. The zero-order valence-corrected chi connectivity index (χ0v) is 19.7. The van der Waals surface area contributed by atoms with Crippen LogP contribution in [0.1, 0.15) is 63.5 Å². The number of guanidine groups is 1. The fourth-order valence-corrected chi connectivity index (χ4v) is 4.45. The molecule has 174 valence electrons. The van der Waals surface area contributed by atoms with Crippen molar-refractivity contribution in [2.75, 3.05) is 39.3 Å². The smallest absolute Gasteiger partial charge is 0.191 e. The second kappa shape index (κ2) is 13.0. The van der Waals surface area contributed by atoms with Crippen molar-refractivity contribution in [2.45, 2.75) is 77.6 Å². The molecule has 2 aliphatic rings. The van der Waals surface area contributed by atoms with E-state index in [9.17, 15) is 5.11 Å². The highest BCUT2D eigenvalue weighted by atomic mass is 16.3. The number of aliphatic imine (C=N–C) groups is 1. The van der Waals surface area contributed by atoms with E-state index < -0.39 is 0 Å². The van der Waals surface area contributed by atoms with Gasteiger partial charge in [-0.05, 0) is 56.7 Å². The lowest BCUT2D eigenvalue weighted by Crippen LogP contribution is -2.48. The van der Waals surface area contributed by atoms with Crippen LogP contribution < -0.4 is 10.6 Å². The molecule has 2 fully saturated rings. The van der Waals surface area contributed by atoms with Crippen molar-refractivity contribution in [3.05, 3.63) is 35.4 Å². The zero-order valence-electron chi connectivity index (χ0n) is 19.7. The molecule has 0 unspecified atom stereocenters. The van der Waals surface area contributed by atoms with Gasteiger partial charge in [0.05, 0.1) is 12.6 Å². The molecule has 1 aromatic carbocycles. The molecule has 0 amide bonds. The van der Waals surface area contributed by atoms with Crippen LogP contribution in [0, 0.1) is 0 Å². The quantitative estimate of drug-likeness (QED) is 0.416. The number of hydrogen-bond donors (Lipinski definition) is 3. The Kier molecular flexibility index (Phi) is 10.1. The first kappa shape index (κ1) is 24.0. The van der Waals surface area contributed by atoms with Crippen LogP contribution in [0.25, 0.3) is 0 Å². The van der Waals surface area contributed by atoms with E-state index in [2.05, 4.69) is 58.5 Å². The van der Waals surface area contributed by atoms with Crippen molar-refractivity contribution in [2.24, 2.45) is 4.99 Å². The van der Waals surface area contributed by atoms with Gasteiger partial charge in [0.1, 0.15) is 0 Å². The Hall–Kier alpha value is -1.63.